The lowest BCUT2D eigenvalue weighted by Gasteiger charge is -2.18. The molecular formula is C22H36N6OS. The van der Waals surface area contributed by atoms with Crippen LogP contribution >= 0.6 is 11.8 Å². The summed E-state index contributed by atoms with van der Waals surface area (Å²) in [5.41, 5.74) is 0.874. The summed E-state index contributed by atoms with van der Waals surface area (Å²) in [6, 6.07) is 0. The van der Waals surface area contributed by atoms with Crippen LogP contribution in [0.15, 0.2) is 11.4 Å². The highest BCUT2D eigenvalue weighted by atomic mass is 32.2. The number of anilines is 1. The predicted molar refractivity (Wildman–Crippen MR) is 124 cm³/mol. The number of thioether (sulfide) groups is 1. The molecule has 1 aliphatic heterocycles. The van der Waals surface area contributed by atoms with Crippen LogP contribution in [0.4, 0.5) is 5.82 Å². The van der Waals surface area contributed by atoms with Crippen molar-refractivity contribution < 1.29 is 4.79 Å². The number of nitrogens with one attached hydrogen (secondary N) is 1. The van der Waals surface area contributed by atoms with Gasteiger partial charge in [-0.3, -0.25) is 4.79 Å². The first kappa shape index (κ1) is 22.8. The van der Waals surface area contributed by atoms with Crippen molar-refractivity contribution in [1.29, 1.82) is 0 Å². The Morgan fingerprint density at radius 1 is 1.13 bits per heavy atom. The average Bonchev–Trinajstić information content (AvgIpc) is 3.42. The summed E-state index contributed by atoms with van der Waals surface area (Å²) in [5, 5.41) is 9.54. The molecule has 1 N–H and O–H groups in total. The third-order valence-corrected chi connectivity index (χ3v) is 6.62. The normalized spacial score (nSPS) is 14.2. The SMILES string of the molecule is CCCSc1nc(N2CCCC2)c2cnn(CCNC(=O)C(CCC)CCC)c2n1. The van der Waals surface area contributed by atoms with E-state index in [1.807, 2.05) is 10.9 Å². The van der Waals surface area contributed by atoms with E-state index in [9.17, 15) is 4.79 Å². The Morgan fingerprint density at radius 2 is 1.87 bits per heavy atom. The standard InChI is InChI=1S/C22H36N6OS/c1-4-9-17(10-5-2)21(29)23-11-14-28-20-18(16-24-28)19(27-12-7-8-13-27)25-22(26-20)30-15-6-3/h16-17H,4-15H2,1-3H3,(H,23,29). The summed E-state index contributed by atoms with van der Waals surface area (Å²) in [6.07, 6.45) is 9.37. The molecule has 0 saturated carbocycles. The number of rotatable bonds is 12. The molecule has 0 spiro atoms. The molecule has 0 aliphatic carbocycles. The van der Waals surface area contributed by atoms with E-state index in [4.69, 9.17) is 9.97 Å². The van der Waals surface area contributed by atoms with Gasteiger partial charge in [0.1, 0.15) is 5.82 Å². The van der Waals surface area contributed by atoms with Gasteiger partial charge in [-0.15, -0.1) is 0 Å². The highest BCUT2D eigenvalue weighted by Gasteiger charge is 2.21. The zero-order valence-corrected chi connectivity index (χ0v) is 19.5. The van der Waals surface area contributed by atoms with Gasteiger partial charge in [0, 0.05) is 31.3 Å². The van der Waals surface area contributed by atoms with E-state index < -0.39 is 0 Å². The topological polar surface area (TPSA) is 75.9 Å². The number of hydrogen-bond donors (Lipinski definition) is 1. The molecule has 0 unspecified atom stereocenters. The number of carbonyl (C=O) groups excluding carboxylic acids is 1. The van der Waals surface area contributed by atoms with E-state index in [0.29, 0.717) is 13.1 Å². The van der Waals surface area contributed by atoms with E-state index >= 15 is 0 Å². The molecule has 0 radical (unpaired) electrons. The van der Waals surface area contributed by atoms with Gasteiger partial charge in [-0.25, -0.2) is 14.6 Å². The van der Waals surface area contributed by atoms with Crippen LogP contribution in [-0.2, 0) is 11.3 Å². The first-order valence-corrected chi connectivity index (χ1v) is 12.5. The maximum absolute atomic E-state index is 12.5. The number of aromatic nitrogens is 4. The Bertz CT molecular complexity index is 811. The van der Waals surface area contributed by atoms with Crippen molar-refractivity contribution in [3.05, 3.63) is 6.20 Å². The Kier molecular flexibility index (Phi) is 8.78. The summed E-state index contributed by atoms with van der Waals surface area (Å²) >= 11 is 1.70. The lowest BCUT2D eigenvalue weighted by Crippen LogP contribution is -2.33. The van der Waals surface area contributed by atoms with E-state index in [-0.39, 0.29) is 11.8 Å². The lowest BCUT2D eigenvalue weighted by atomic mass is 9.97. The van der Waals surface area contributed by atoms with Gasteiger partial charge in [0.05, 0.1) is 18.1 Å². The zero-order valence-electron chi connectivity index (χ0n) is 18.7. The summed E-state index contributed by atoms with van der Waals surface area (Å²) in [5.74, 6) is 2.31. The molecule has 166 valence electrons. The summed E-state index contributed by atoms with van der Waals surface area (Å²) < 4.78 is 1.92. The fourth-order valence-electron chi connectivity index (χ4n) is 4.05. The second-order valence-corrected chi connectivity index (χ2v) is 9.10. The zero-order chi connectivity index (χ0) is 21.3. The summed E-state index contributed by atoms with van der Waals surface area (Å²) in [6.45, 7) is 9.72. The second kappa shape index (κ2) is 11.5. The molecule has 2 aromatic rings. The minimum Gasteiger partial charge on any atom is -0.356 e. The molecule has 1 fully saturated rings. The van der Waals surface area contributed by atoms with Gasteiger partial charge >= 0.3 is 0 Å². The van der Waals surface area contributed by atoms with Gasteiger partial charge in [0.2, 0.25) is 5.91 Å². The minimum atomic E-state index is 0.121. The highest BCUT2D eigenvalue weighted by molar-refractivity contribution is 7.99. The van der Waals surface area contributed by atoms with Gasteiger partial charge in [-0.1, -0.05) is 45.4 Å². The molecule has 3 rings (SSSR count). The van der Waals surface area contributed by atoms with Crippen molar-refractivity contribution in [3.63, 3.8) is 0 Å². The third kappa shape index (κ3) is 5.65. The molecule has 0 bridgehead atoms. The fraction of sp³-hybridized carbons (Fsp3) is 0.727. The Morgan fingerprint density at radius 3 is 2.53 bits per heavy atom. The Hall–Kier alpha value is -1.83. The maximum Gasteiger partial charge on any atom is 0.223 e. The fourth-order valence-corrected chi connectivity index (χ4v) is 4.73. The number of hydrogen-bond acceptors (Lipinski definition) is 6. The Balaban J connectivity index is 1.74. The van der Waals surface area contributed by atoms with Crippen molar-refractivity contribution in [1.82, 2.24) is 25.1 Å². The minimum absolute atomic E-state index is 0.121. The van der Waals surface area contributed by atoms with Gasteiger partial charge in [-0.05, 0) is 32.1 Å². The number of fused-ring (bicyclic) bond motifs is 1. The molecule has 1 amide bonds. The molecule has 3 heterocycles. The first-order valence-electron chi connectivity index (χ1n) is 11.6. The van der Waals surface area contributed by atoms with Crippen molar-refractivity contribution >= 4 is 34.5 Å². The van der Waals surface area contributed by atoms with Crippen LogP contribution in [0, 0.1) is 5.92 Å². The van der Waals surface area contributed by atoms with Crippen LogP contribution in [0.5, 0.6) is 0 Å². The molecule has 30 heavy (non-hydrogen) atoms. The molecule has 7 nitrogen and oxygen atoms in total. The van der Waals surface area contributed by atoms with Gasteiger partial charge in [-0.2, -0.15) is 5.10 Å². The number of amides is 1. The molecule has 2 aromatic heterocycles. The van der Waals surface area contributed by atoms with Crippen molar-refractivity contribution in [2.24, 2.45) is 5.92 Å². The molecule has 8 heteroatoms. The van der Waals surface area contributed by atoms with Gasteiger partial charge in [0.15, 0.2) is 10.8 Å². The largest absolute Gasteiger partial charge is 0.356 e. The van der Waals surface area contributed by atoms with Crippen LogP contribution < -0.4 is 10.2 Å². The molecule has 0 aromatic carbocycles. The van der Waals surface area contributed by atoms with Crippen molar-refractivity contribution in [2.75, 3.05) is 30.3 Å². The summed E-state index contributed by atoms with van der Waals surface area (Å²) in [7, 11) is 0. The van der Waals surface area contributed by atoms with E-state index in [1.165, 1.54) is 12.8 Å². The van der Waals surface area contributed by atoms with E-state index in [2.05, 4.69) is 36.1 Å². The molecular weight excluding hydrogens is 396 g/mol. The number of carbonyl (C=O) groups is 1. The van der Waals surface area contributed by atoms with Gasteiger partial charge in [0.25, 0.3) is 0 Å². The van der Waals surface area contributed by atoms with E-state index in [0.717, 1.165) is 73.0 Å². The lowest BCUT2D eigenvalue weighted by molar-refractivity contribution is -0.125. The van der Waals surface area contributed by atoms with Crippen LogP contribution in [0.1, 0.15) is 65.7 Å². The predicted octanol–water partition coefficient (Wildman–Crippen LogP) is 4.26. The Labute approximate surface area is 184 Å². The molecule has 0 atom stereocenters. The average molecular weight is 433 g/mol. The highest BCUT2D eigenvalue weighted by Crippen LogP contribution is 2.29. The molecule has 1 saturated heterocycles. The maximum atomic E-state index is 12.5. The quantitative estimate of drug-likeness (QED) is 0.399. The van der Waals surface area contributed by atoms with Gasteiger partial charge < -0.3 is 10.2 Å². The first-order chi connectivity index (χ1) is 14.7. The third-order valence-electron chi connectivity index (χ3n) is 5.56. The van der Waals surface area contributed by atoms with Crippen LogP contribution in [0.2, 0.25) is 0 Å². The van der Waals surface area contributed by atoms with Crippen LogP contribution in [-0.4, -0.2) is 51.0 Å². The molecule has 1 aliphatic rings. The second-order valence-electron chi connectivity index (χ2n) is 8.04. The monoisotopic (exact) mass is 432 g/mol. The number of nitrogens with zero attached hydrogens (tertiary/aromatic N) is 5. The smallest absolute Gasteiger partial charge is 0.223 e. The van der Waals surface area contributed by atoms with E-state index in [1.54, 1.807) is 11.8 Å². The van der Waals surface area contributed by atoms with Crippen LogP contribution in [0.25, 0.3) is 11.0 Å². The van der Waals surface area contributed by atoms with Crippen molar-refractivity contribution in [3.8, 4) is 0 Å². The summed E-state index contributed by atoms with van der Waals surface area (Å²) in [4.78, 5) is 24.6. The van der Waals surface area contributed by atoms with Crippen LogP contribution in [0.3, 0.4) is 0 Å². The van der Waals surface area contributed by atoms with Crippen molar-refractivity contribution in [2.45, 2.75) is 77.4 Å².